The van der Waals surface area contributed by atoms with Crippen LogP contribution in [-0.2, 0) is 4.74 Å². The van der Waals surface area contributed by atoms with Gasteiger partial charge in [0.15, 0.2) is 0 Å². The molecule has 0 aromatic carbocycles. The molecule has 2 N–H and O–H groups in total. The lowest BCUT2D eigenvalue weighted by atomic mass is 10.0. The third kappa shape index (κ3) is 2.69. The van der Waals surface area contributed by atoms with Gasteiger partial charge in [0, 0.05) is 32.3 Å². The minimum absolute atomic E-state index is 0.458. The molecule has 14 heavy (non-hydrogen) atoms. The second kappa shape index (κ2) is 5.10. The molecule has 1 heterocycles. The van der Waals surface area contributed by atoms with Crippen LogP contribution < -0.4 is 5.73 Å². The number of rotatable bonds is 2. The van der Waals surface area contributed by atoms with E-state index in [1.54, 1.807) is 0 Å². The maximum atomic E-state index is 6.08. The molecule has 2 atom stereocenters. The van der Waals surface area contributed by atoms with Gasteiger partial charge in [-0.15, -0.1) is 0 Å². The van der Waals surface area contributed by atoms with Crippen molar-refractivity contribution in [2.75, 3.05) is 32.8 Å². The van der Waals surface area contributed by atoms with Gasteiger partial charge in [0.2, 0.25) is 0 Å². The Hall–Kier alpha value is -0.120. The van der Waals surface area contributed by atoms with Gasteiger partial charge in [-0.2, -0.15) is 0 Å². The van der Waals surface area contributed by atoms with Gasteiger partial charge in [0.1, 0.15) is 0 Å². The van der Waals surface area contributed by atoms with E-state index in [4.69, 9.17) is 10.5 Å². The summed E-state index contributed by atoms with van der Waals surface area (Å²) in [4.78, 5) is 2.53. The van der Waals surface area contributed by atoms with Gasteiger partial charge in [-0.05, 0) is 25.2 Å². The molecular formula is C11H22N2O. The number of hydrogen-bond acceptors (Lipinski definition) is 3. The van der Waals surface area contributed by atoms with Crippen LogP contribution in [0.25, 0.3) is 0 Å². The summed E-state index contributed by atoms with van der Waals surface area (Å²) in [5.74, 6) is 0.744. The molecule has 0 spiro atoms. The Morgan fingerprint density at radius 2 is 2.07 bits per heavy atom. The lowest BCUT2D eigenvalue weighted by Gasteiger charge is -2.25. The first-order valence-corrected chi connectivity index (χ1v) is 5.92. The molecule has 1 saturated heterocycles. The Bertz CT molecular complexity index is 167. The fourth-order valence-electron chi connectivity index (χ4n) is 2.60. The Labute approximate surface area is 86.6 Å². The van der Waals surface area contributed by atoms with Crippen LogP contribution in [0.15, 0.2) is 0 Å². The molecule has 0 radical (unpaired) electrons. The number of ether oxygens (including phenoxy) is 1. The van der Waals surface area contributed by atoms with Crippen molar-refractivity contribution in [3.05, 3.63) is 0 Å². The molecule has 0 amide bonds. The predicted octanol–water partition coefficient (Wildman–Crippen LogP) is 0.836. The summed E-state index contributed by atoms with van der Waals surface area (Å²) < 4.78 is 5.44. The SMILES string of the molecule is NC1CCCC1CN1CCCOCC1. The smallest absolute Gasteiger partial charge is 0.0593 e. The van der Waals surface area contributed by atoms with Gasteiger partial charge < -0.3 is 15.4 Å². The summed E-state index contributed by atoms with van der Waals surface area (Å²) in [6.07, 6.45) is 5.08. The Morgan fingerprint density at radius 3 is 2.86 bits per heavy atom. The van der Waals surface area contributed by atoms with Crippen molar-refractivity contribution < 1.29 is 4.74 Å². The molecule has 2 aliphatic rings. The number of nitrogens with zero attached hydrogens (tertiary/aromatic N) is 1. The highest BCUT2D eigenvalue weighted by Crippen LogP contribution is 2.24. The maximum Gasteiger partial charge on any atom is 0.0593 e. The monoisotopic (exact) mass is 198 g/mol. The summed E-state index contributed by atoms with van der Waals surface area (Å²) in [6, 6.07) is 0.458. The molecule has 3 nitrogen and oxygen atoms in total. The zero-order valence-electron chi connectivity index (χ0n) is 8.95. The quantitative estimate of drug-likeness (QED) is 0.714. The number of hydrogen-bond donors (Lipinski definition) is 1. The first-order chi connectivity index (χ1) is 6.86. The van der Waals surface area contributed by atoms with E-state index < -0.39 is 0 Å². The third-order valence-electron chi connectivity index (χ3n) is 3.53. The van der Waals surface area contributed by atoms with E-state index in [1.807, 2.05) is 0 Å². The zero-order chi connectivity index (χ0) is 9.80. The lowest BCUT2D eigenvalue weighted by Crippen LogP contribution is -2.37. The third-order valence-corrected chi connectivity index (χ3v) is 3.53. The Kier molecular flexibility index (Phi) is 3.79. The molecule has 1 saturated carbocycles. The van der Waals surface area contributed by atoms with E-state index in [-0.39, 0.29) is 0 Å². The second-order valence-electron chi connectivity index (χ2n) is 4.62. The van der Waals surface area contributed by atoms with Gasteiger partial charge >= 0.3 is 0 Å². The molecule has 2 rings (SSSR count). The minimum Gasteiger partial charge on any atom is -0.380 e. The van der Waals surface area contributed by atoms with Crippen LogP contribution in [0, 0.1) is 5.92 Å². The highest BCUT2D eigenvalue weighted by Gasteiger charge is 2.25. The predicted molar refractivity (Wildman–Crippen MR) is 57.2 cm³/mol. The van der Waals surface area contributed by atoms with Crippen LogP contribution in [0.4, 0.5) is 0 Å². The summed E-state index contributed by atoms with van der Waals surface area (Å²) in [6.45, 7) is 5.34. The van der Waals surface area contributed by atoms with Crippen molar-refractivity contribution in [3.8, 4) is 0 Å². The van der Waals surface area contributed by atoms with Crippen molar-refractivity contribution in [1.82, 2.24) is 4.90 Å². The molecule has 2 fully saturated rings. The Morgan fingerprint density at radius 1 is 1.14 bits per heavy atom. The van der Waals surface area contributed by atoms with Gasteiger partial charge in [0.05, 0.1) is 6.61 Å². The van der Waals surface area contributed by atoms with Crippen molar-refractivity contribution in [2.24, 2.45) is 11.7 Å². The molecule has 1 aliphatic carbocycles. The average Bonchev–Trinajstić information content (AvgIpc) is 2.44. The van der Waals surface area contributed by atoms with E-state index in [1.165, 1.54) is 38.8 Å². The molecule has 2 unspecified atom stereocenters. The van der Waals surface area contributed by atoms with Crippen LogP contribution >= 0.6 is 0 Å². The Balaban J connectivity index is 1.77. The van der Waals surface area contributed by atoms with Gasteiger partial charge in [-0.25, -0.2) is 0 Å². The van der Waals surface area contributed by atoms with Crippen molar-refractivity contribution in [1.29, 1.82) is 0 Å². The molecule has 0 aromatic heterocycles. The summed E-state index contributed by atoms with van der Waals surface area (Å²) in [7, 11) is 0. The average molecular weight is 198 g/mol. The molecule has 0 aromatic rings. The van der Waals surface area contributed by atoms with Crippen molar-refractivity contribution in [3.63, 3.8) is 0 Å². The van der Waals surface area contributed by atoms with E-state index in [0.717, 1.165) is 25.7 Å². The van der Waals surface area contributed by atoms with Crippen LogP contribution in [0.1, 0.15) is 25.7 Å². The summed E-state index contributed by atoms with van der Waals surface area (Å²) in [5, 5.41) is 0. The maximum absolute atomic E-state index is 6.08. The fraction of sp³-hybridized carbons (Fsp3) is 1.00. The van der Waals surface area contributed by atoms with Gasteiger partial charge in [-0.1, -0.05) is 6.42 Å². The fourth-order valence-corrected chi connectivity index (χ4v) is 2.60. The molecular weight excluding hydrogens is 176 g/mol. The normalized spacial score (nSPS) is 35.8. The summed E-state index contributed by atoms with van der Waals surface area (Å²) in [5.41, 5.74) is 6.08. The van der Waals surface area contributed by atoms with E-state index >= 15 is 0 Å². The van der Waals surface area contributed by atoms with Crippen molar-refractivity contribution in [2.45, 2.75) is 31.7 Å². The molecule has 82 valence electrons. The molecule has 1 aliphatic heterocycles. The van der Waals surface area contributed by atoms with Crippen LogP contribution in [0.3, 0.4) is 0 Å². The van der Waals surface area contributed by atoms with Gasteiger partial charge in [-0.3, -0.25) is 0 Å². The largest absolute Gasteiger partial charge is 0.380 e. The molecule has 0 bridgehead atoms. The number of nitrogens with two attached hydrogens (primary N) is 1. The standard InChI is InChI=1S/C11H22N2O/c12-11-4-1-3-10(11)9-13-5-2-7-14-8-6-13/h10-11H,1-9,12H2. The van der Waals surface area contributed by atoms with E-state index in [2.05, 4.69) is 4.90 Å². The van der Waals surface area contributed by atoms with Crippen LogP contribution in [-0.4, -0.2) is 43.8 Å². The molecule has 3 heteroatoms. The van der Waals surface area contributed by atoms with E-state index in [9.17, 15) is 0 Å². The van der Waals surface area contributed by atoms with Crippen LogP contribution in [0.5, 0.6) is 0 Å². The minimum atomic E-state index is 0.458. The summed E-state index contributed by atoms with van der Waals surface area (Å²) >= 11 is 0. The highest BCUT2D eigenvalue weighted by atomic mass is 16.5. The first-order valence-electron chi connectivity index (χ1n) is 5.92. The highest BCUT2D eigenvalue weighted by molar-refractivity contribution is 4.82. The van der Waals surface area contributed by atoms with Crippen molar-refractivity contribution >= 4 is 0 Å². The zero-order valence-corrected chi connectivity index (χ0v) is 8.95. The van der Waals surface area contributed by atoms with Gasteiger partial charge in [0.25, 0.3) is 0 Å². The first kappa shape index (κ1) is 10.4. The van der Waals surface area contributed by atoms with Crippen LogP contribution in [0.2, 0.25) is 0 Å². The topological polar surface area (TPSA) is 38.5 Å². The lowest BCUT2D eigenvalue weighted by molar-refractivity contribution is 0.137. The van der Waals surface area contributed by atoms with E-state index in [0.29, 0.717) is 6.04 Å². The second-order valence-corrected chi connectivity index (χ2v) is 4.62.